The first-order valence-electron chi connectivity index (χ1n) is 21.3. The number of rotatable bonds is 4. The van der Waals surface area contributed by atoms with Crippen LogP contribution in [0, 0.1) is 177 Å². The summed E-state index contributed by atoms with van der Waals surface area (Å²) in [5.74, 6) is 68.3. The second-order valence-electron chi connectivity index (χ2n) is 14.3. The van der Waals surface area contributed by atoms with E-state index in [1.165, 1.54) is 11.1 Å². The van der Waals surface area contributed by atoms with Gasteiger partial charge >= 0.3 is 0 Å². The molecule has 3 aliphatic heterocycles. The van der Waals surface area contributed by atoms with E-state index in [9.17, 15) is 5.26 Å². The quantitative estimate of drug-likeness (QED) is 0.101. The fourth-order valence-electron chi connectivity index (χ4n) is 7.39. The molecule has 4 aliphatic rings. The van der Waals surface area contributed by atoms with Crippen LogP contribution in [0.5, 0.6) is 0 Å². The number of nitriles is 1. The van der Waals surface area contributed by atoms with Crippen LogP contribution >= 0.6 is 0 Å². The Morgan fingerprint density at radius 2 is 1.33 bits per heavy atom. The lowest BCUT2D eigenvalue weighted by Gasteiger charge is -2.42. The normalized spacial score (nSPS) is 13.7. The van der Waals surface area contributed by atoms with Crippen LogP contribution in [0.15, 0.2) is 84.3 Å². The second-order valence-corrected chi connectivity index (χ2v) is 14.3. The molecule has 17 nitrogen and oxygen atoms in total. The van der Waals surface area contributed by atoms with Crippen LogP contribution in [0.4, 0.5) is 11.5 Å². The van der Waals surface area contributed by atoms with Gasteiger partial charge in [-0.25, -0.2) is 9.97 Å². The van der Waals surface area contributed by atoms with Crippen LogP contribution in [-0.4, -0.2) is 40.4 Å². The molecule has 5 N–H and O–H groups in total. The molecule has 7 rings (SSSR count). The average molecular weight is 956 g/mol. The third kappa shape index (κ3) is 15.6. The molecule has 1 fully saturated rings. The van der Waals surface area contributed by atoms with Crippen molar-refractivity contribution in [1.82, 2.24) is 15.0 Å². The number of nitrogens with two attached hydrogens (primary N) is 2. The molecule has 1 spiro atoms. The topological polar surface area (TPSA) is 244 Å². The Labute approximate surface area is 434 Å². The molecular weight excluding hydrogens is 899 g/mol. The molecule has 1 saturated heterocycles. The molecule has 2 aromatic heterocycles. The zero-order chi connectivity index (χ0) is 50.9. The molecule has 0 amide bonds. The minimum atomic E-state index is 0. The fraction of sp³-hybridized carbons (Fsp3) is 0.218. The molecule has 72 heavy (non-hydrogen) atoms. The van der Waals surface area contributed by atoms with Gasteiger partial charge in [0, 0.05) is 94.9 Å². The maximum absolute atomic E-state index is 9.28. The van der Waals surface area contributed by atoms with Crippen LogP contribution < -0.4 is 21.4 Å². The van der Waals surface area contributed by atoms with Gasteiger partial charge in [0.25, 0.3) is 0 Å². The predicted molar refractivity (Wildman–Crippen MR) is 293 cm³/mol. The van der Waals surface area contributed by atoms with Gasteiger partial charge in [-0.2, -0.15) is 10.8 Å². The summed E-state index contributed by atoms with van der Waals surface area (Å²) in [4.78, 5) is 23.9. The first-order chi connectivity index (χ1) is 35.5. The summed E-state index contributed by atoms with van der Waals surface area (Å²) >= 11 is 0. The van der Waals surface area contributed by atoms with Gasteiger partial charge in [-0.3, -0.25) is 9.98 Å². The van der Waals surface area contributed by atoms with Crippen molar-refractivity contribution < 1.29 is 15.7 Å². The number of fused-ring (bicyclic) bond motifs is 3. The highest BCUT2D eigenvalue weighted by molar-refractivity contribution is 6.11. The number of anilines is 2. The average Bonchev–Trinajstić information content (AvgIpc) is 3.96. The smallest absolute Gasteiger partial charge is 0.156 e. The Bertz CT molecular complexity index is 3650. The summed E-state index contributed by atoms with van der Waals surface area (Å²) < 4.78 is 0. The van der Waals surface area contributed by atoms with Crippen molar-refractivity contribution in [3.63, 3.8) is 0 Å². The van der Waals surface area contributed by atoms with Crippen molar-refractivity contribution >= 4 is 17.3 Å². The third-order valence-electron chi connectivity index (χ3n) is 10.4. The van der Waals surface area contributed by atoms with Crippen molar-refractivity contribution in [2.45, 2.75) is 51.6 Å². The van der Waals surface area contributed by atoms with Gasteiger partial charge in [0.05, 0.1) is 41.4 Å². The maximum Gasteiger partial charge on any atom is 0.156 e. The fourth-order valence-corrected chi connectivity index (χ4v) is 7.39. The zero-order valence-corrected chi connectivity index (χ0v) is 38.5. The van der Waals surface area contributed by atoms with Crippen LogP contribution in [-0.2, 0) is 19.4 Å². The lowest BCUT2D eigenvalue weighted by atomic mass is 9.73. The molecule has 0 unspecified atom stereocenters. The maximum atomic E-state index is 9.28. The summed E-state index contributed by atoms with van der Waals surface area (Å²) in [5.41, 5.74) is 20.2. The number of piperidine rings is 1. The summed E-state index contributed by atoms with van der Waals surface area (Å²) in [6.45, 7) is 4.99. The summed E-state index contributed by atoms with van der Waals surface area (Å²) in [6, 6.07) is 12.4. The van der Waals surface area contributed by atoms with E-state index in [1.54, 1.807) is 6.92 Å². The lowest BCUT2D eigenvalue weighted by molar-refractivity contribution is 0.187. The number of nitrogens with zero attached hydrogens (tertiary/aromatic N) is 14. The van der Waals surface area contributed by atoms with E-state index < -0.39 is 0 Å². The van der Waals surface area contributed by atoms with E-state index in [0.29, 0.717) is 6.54 Å². The molecule has 5 heterocycles. The molecule has 1 aromatic carbocycles. The van der Waals surface area contributed by atoms with Crippen LogP contribution in [0.3, 0.4) is 0 Å². The molecule has 1 aliphatic carbocycles. The summed E-state index contributed by atoms with van der Waals surface area (Å²) in [6.07, 6.45) is 13.7. The molecule has 0 bridgehead atoms. The van der Waals surface area contributed by atoms with Gasteiger partial charge in [0.1, 0.15) is 11.5 Å². The van der Waals surface area contributed by atoms with Crippen molar-refractivity contribution in [1.29, 1.82) is 10.8 Å². The minimum absolute atomic E-state index is 0. The minimum Gasteiger partial charge on any atom is -0.355 e. The number of nitrogens with one attached hydrogen (secondary N) is 1. The second kappa shape index (κ2) is 29.3. The largest absolute Gasteiger partial charge is 0.355 e. The van der Waals surface area contributed by atoms with Crippen molar-refractivity contribution in [3.8, 4) is 161 Å². The number of amidine groups is 1. The van der Waals surface area contributed by atoms with Crippen LogP contribution in [0.2, 0.25) is 0 Å². The van der Waals surface area contributed by atoms with E-state index >= 15 is 0 Å². The Balaban J connectivity index is -0.000000223. The zero-order valence-electron chi connectivity index (χ0n) is 38.5. The Hall–Kier alpha value is -11.3. The SMILES string of the molecule is C#CC#CC#CC#CC#CC#CC#CC#CC#CC#CC#CC#CC#CC.N#Cc1ccc2c(c1)CC1(CCN(c3cnc4c(n3)CN=C4N3CCCc4ncccc43)CC1)[C@@H]2N.N=N/N=N/N=N/N=N/N.[HH].[HH].[HH].[HH].[HH].[HH].[HH].[HH].[HH].[HH].[HH]. The number of aromatic nitrogens is 3. The van der Waals surface area contributed by atoms with E-state index in [1.807, 2.05) is 30.6 Å². The highest BCUT2D eigenvalue weighted by Crippen LogP contribution is 2.51. The van der Waals surface area contributed by atoms with E-state index in [2.05, 4.69) is 223 Å². The molecular formula is C55H57N17. The van der Waals surface area contributed by atoms with Gasteiger partial charge in [0.15, 0.2) is 5.84 Å². The monoisotopic (exact) mass is 955 g/mol. The highest BCUT2D eigenvalue weighted by Gasteiger charge is 2.46. The molecule has 0 radical (unpaired) electrons. The van der Waals surface area contributed by atoms with Crippen molar-refractivity contribution in [2.24, 2.45) is 58.5 Å². The predicted octanol–water partition coefficient (Wildman–Crippen LogP) is 7.68. The Kier molecular flexibility index (Phi) is 21.0. The van der Waals surface area contributed by atoms with Crippen molar-refractivity contribution in [3.05, 3.63) is 76.5 Å². The first kappa shape index (κ1) is 51.6. The standard InChI is InChI=1S/C28H28N8.C27H4.H3N9.11H2/c29-15-18-5-6-20-19(13-18)14-28(26(20)30)7-11-35(12-8-28)24-17-32-25-22(34-24)16-33-27(25)36-10-2-3-21-23(36)4-1-9-31-21;1-3-5-7-9-11-13-15-17-19-21-23-25-27-26-24-22-20-18-16-14-12-10-8-6-4-2;1-3-5-7-9-8-6-4-2;;;;;;;;;;;/h1,4-6,9,13,17,26H,2-3,7-8,10-12,14,16,30H2;1H,2H3;(H3,1,2,5,6,9);11*1H/t26-;;;;;;;;;;;;;/m1............./s1. The molecule has 3 aromatic rings. The number of pyridine rings is 1. The van der Waals surface area contributed by atoms with Crippen LogP contribution in [0.25, 0.3) is 0 Å². The number of hydrogen-bond acceptors (Lipinski definition) is 10. The first-order valence-corrected chi connectivity index (χ1v) is 21.3. The molecule has 17 heteroatoms. The lowest BCUT2D eigenvalue weighted by Crippen LogP contribution is -2.44. The molecule has 0 saturated carbocycles. The molecule has 362 valence electrons. The summed E-state index contributed by atoms with van der Waals surface area (Å²) in [7, 11) is 0. The van der Waals surface area contributed by atoms with Gasteiger partial charge in [-0.15, -0.1) is 6.42 Å². The number of aryl methyl sites for hydroxylation is 1. The van der Waals surface area contributed by atoms with E-state index in [4.69, 9.17) is 32.6 Å². The van der Waals surface area contributed by atoms with Gasteiger partial charge in [-0.05, 0) is 206 Å². The number of terminal acetylenes is 1. The van der Waals surface area contributed by atoms with Crippen LogP contribution in [0.1, 0.15) is 81.7 Å². The van der Waals surface area contributed by atoms with Gasteiger partial charge in [0.2, 0.25) is 0 Å². The Morgan fingerprint density at radius 1 is 0.750 bits per heavy atom. The van der Waals surface area contributed by atoms with Gasteiger partial charge in [-0.1, -0.05) is 17.2 Å². The molecule has 1 atom stereocenters. The van der Waals surface area contributed by atoms with Gasteiger partial charge < -0.3 is 21.4 Å². The summed E-state index contributed by atoms with van der Waals surface area (Å²) in [5, 5.41) is 28.7. The number of aliphatic imine (C=N–C) groups is 1. The number of hydrogen-bond donors (Lipinski definition) is 3. The van der Waals surface area contributed by atoms with Crippen molar-refractivity contribution in [2.75, 3.05) is 29.4 Å². The third-order valence-corrected chi connectivity index (χ3v) is 10.4. The Morgan fingerprint density at radius 3 is 1.90 bits per heavy atom. The number of benzene rings is 1. The van der Waals surface area contributed by atoms with E-state index in [0.717, 1.165) is 91.7 Å². The highest BCUT2D eigenvalue weighted by atomic mass is 15.6. The van der Waals surface area contributed by atoms with E-state index in [-0.39, 0.29) is 27.1 Å².